The van der Waals surface area contributed by atoms with Crippen molar-refractivity contribution in [2.75, 3.05) is 12.0 Å². The Morgan fingerprint density at radius 1 is 0.939 bits per heavy atom. The molecule has 1 unspecified atom stereocenters. The number of ketones is 1. The third-order valence-electron chi connectivity index (χ3n) is 5.53. The van der Waals surface area contributed by atoms with Crippen molar-refractivity contribution in [2.24, 2.45) is 0 Å². The number of halogens is 2. The van der Waals surface area contributed by atoms with Gasteiger partial charge >= 0.3 is 0 Å². The molecule has 33 heavy (non-hydrogen) atoms. The quantitative estimate of drug-likeness (QED) is 0.271. The van der Waals surface area contributed by atoms with Gasteiger partial charge in [0.2, 0.25) is 0 Å². The molecule has 4 rings (SSSR count). The zero-order chi connectivity index (χ0) is 23.9. The molecule has 168 valence electrons. The fraction of sp³-hybridized carbons (Fsp3) is 0.154. The summed E-state index contributed by atoms with van der Waals surface area (Å²) in [6.07, 6.45) is 0. The van der Waals surface area contributed by atoms with Crippen molar-refractivity contribution in [1.82, 2.24) is 0 Å². The molecule has 3 aromatic carbocycles. The van der Waals surface area contributed by atoms with E-state index in [0.717, 1.165) is 11.1 Å². The third kappa shape index (κ3) is 4.22. The number of hydrogen-bond acceptors (Lipinski definition) is 4. The highest BCUT2D eigenvalue weighted by Gasteiger charge is 2.47. The Morgan fingerprint density at radius 3 is 2.27 bits per heavy atom. The highest BCUT2D eigenvalue weighted by molar-refractivity contribution is 6.51. The van der Waals surface area contributed by atoms with Crippen molar-refractivity contribution in [3.05, 3.63) is 98.5 Å². The highest BCUT2D eigenvalue weighted by Crippen LogP contribution is 2.43. The largest absolute Gasteiger partial charge is 0.507 e. The molecule has 0 saturated carbocycles. The molecular formula is C26H21Cl2NO4. The van der Waals surface area contributed by atoms with Crippen LogP contribution in [0.15, 0.2) is 66.2 Å². The third-order valence-corrected chi connectivity index (χ3v) is 6.27. The lowest BCUT2D eigenvalue weighted by Gasteiger charge is -2.26. The Balaban J connectivity index is 1.99. The Bertz CT molecular complexity index is 1300. The number of Topliss-reactive ketones (excluding diaryl/α,β-unsaturated/α-hetero) is 1. The maximum Gasteiger partial charge on any atom is 0.300 e. The lowest BCUT2D eigenvalue weighted by molar-refractivity contribution is -0.132. The number of aliphatic hydroxyl groups is 1. The van der Waals surface area contributed by atoms with Gasteiger partial charge in [0.25, 0.3) is 11.7 Å². The molecule has 1 amide bonds. The van der Waals surface area contributed by atoms with Crippen LogP contribution in [0.2, 0.25) is 10.0 Å². The number of nitrogens with zero attached hydrogens (tertiary/aromatic N) is 1. The van der Waals surface area contributed by atoms with Gasteiger partial charge in [0, 0.05) is 11.3 Å². The van der Waals surface area contributed by atoms with Crippen molar-refractivity contribution in [3.63, 3.8) is 0 Å². The van der Waals surface area contributed by atoms with Crippen molar-refractivity contribution < 1.29 is 19.4 Å². The van der Waals surface area contributed by atoms with Crippen LogP contribution in [0.1, 0.15) is 28.3 Å². The second kappa shape index (κ2) is 8.93. The number of methoxy groups -OCH3 is 1. The monoisotopic (exact) mass is 481 g/mol. The fourth-order valence-electron chi connectivity index (χ4n) is 4.11. The molecule has 1 aliphatic rings. The maximum atomic E-state index is 13.3. The van der Waals surface area contributed by atoms with Crippen LogP contribution in [0.4, 0.5) is 5.69 Å². The summed E-state index contributed by atoms with van der Waals surface area (Å²) in [6, 6.07) is 16.4. The van der Waals surface area contributed by atoms with Crippen LogP contribution in [0.3, 0.4) is 0 Å². The van der Waals surface area contributed by atoms with Crippen LogP contribution in [-0.4, -0.2) is 23.9 Å². The Hall–Kier alpha value is -3.28. The number of carbonyl (C=O) groups excluding carboxylic acids is 2. The summed E-state index contributed by atoms with van der Waals surface area (Å²) in [4.78, 5) is 28.0. The second-order valence-electron chi connectivity index (χ2n) is 7.92. The molecule has 5 nitrogen and oxygen atoms in total. The molecule has 0 radical (unpaired) electrons. The molecule has 1 N–H and O–H groups in total. The summed E-state index contributed by atoms with van der Waals surface area (Å²) < 4.78 is 5.36. The van der Waals surface area contributed by atoms with E-state index in [-0.39, 0.29) is 21.9 Å². The van der Waals surface area contributed by atoms with Crippen LogP contribution in [0.5, 0.6) is 5.75 Å². The molecule has 1 atom stereocenters. The van der Waals surface area contributed by atoms with Gasteiger partial charge in [-0.1, -0.05) is 41.4 Å². The average molecular weight is 482 g/mol. The standard InChI is InChI=1S/C26H21Cl2NO4/c1-14-9-15(2)11-18(10-14)29-23(16-5-4-6-19(12-16)33-3)22(25(31)26(29)32)24(30)17-7-8-20(27)21(28)13-17/h4-13,23,30H,1-3H3/b24-22-. The lowest BCUT2D eigenvalue weighted by Crippen LogP contribution is -2.29. The van der Waals surface area contributed by atoms with Gasteiger partial charge in [-0.15, -0.1) is 0 Å². The molecule has 0 bridgehead atoms. The molecule has 1 aliphatic heterocycles. The first-order valence-corrected chi connectivity index (χ1v) is 11.0. The minimum atomic E-state index is -0.865. The van der Waals surface area contributed by atoms with Gasteiger partial charge < -0.3 is 9.84 Å². The number of aryl methyl sites for hydroxylation is 2. The fourth-order valence-corrected chi connectivity index (χ4v) is 4.41. The summed E-state index contributed by atoms with van der Waals surface area (Å²) in [7, 11) is 1.54. The Morgan fingerprint density at radius 2 is 1.64 bits per heavy atom. The zero-order valence-corrected chi connectivity index (χ0v) is 19.7. The number of rotatable bonds is 4. The van der Waals surface area contributed by atoms with E-state index in [1.54, 1.807) is 30.3 Å². The molecule has 3 aromatic rings. The van der Waals surface area contributed by atoms with E-state index >= 15 is 0 Å². The van der Waals surface area contributed by atoms with E-state index in [4.69, 9.17) is 27.9 Å². The predicted octanol–water partition coefficient (Wildman–Crippen LogP) is 6.25. The van der Waals surface area contributed by atoms with Gasteiger partial charge in [-0.3, -0.25) is 14.5 Å². The molecular weight excluding hydrogens is 461 g/mol. The van der Waals surface area contributed by atoms with E-state index in [1.807, 2.05) is 32.0 Å². The van der Waals surface area contributed by atoms with Crippen LogP contribution >= 0.6 is 23.2 Å². The van der Waals surface area contributed by atoms with Gasteiger partial charge in [-0.2, -0.15) is 0 Å². The number of benzene rings is 3. The van der Waals surface area contributed by atoms with Gasteiger partial charge in [0.1, 0.15) is 11.5 Å². The van der Waals surface area contributed by atoms with E-state index in [0.29, 0.717) is 22.0 Å². The predicted molar refractivity (Wildman–Crippen MR) is 130 cm³/mol. The summed E-state index contributed by atoms with van der Waals surface area (Å²) in [5.41, 5.74) is 3.33. The van der Waals surface area contributed by atoms with Gasteiger partial charge in [0.05, 0.1) is 28.8 Å². The summed E-state index contributed by atoms with van der Waals surface area (Å²) in [6.45, 7) is 3.84. The minimum absolute atomic E-state index is 0.0363. The van der Waals surface area contributed by atoms with Crippen molar-refractivity contribution in [2.45, 2.75) is 19.9 Å². The first-order valence-electron chi connectivity index (χ1n) is 10.2. The molecule has 0 aromatic heterocycles. The van der Waals surface area contributed by atoms with E-state index in [2.05, 4.69) is 0 Å². The number of aliphatic hydroxyl groups excluding tert-OH is 1. The summed E-state index contributed by atoms with van der Waals surface area (Å²) in [5, 5.41) is 11.7. The smallest absolute Gasteiger partial charge is 0.300 e. The van der Waals surface area contributed by atoms with Gasteiger partial charge in [-0.05, 0) is 73.0 Å². The van der Waals surface area contributed by atoms with Crippen LogP contribution in [0, 0.1) is 13.8 Å². The van der Waals surface area contributed by atoms with E-state index < -0.39 is 17.7 Å². The minimum Gasteiger partial charge on any atom is -0.507 e. The molecule has 1 saturated heterocycles. The molecule has 7 heteroatoms. The van der Waals surface area contributed by atoms with Crippen molar-refractivity contribution >= 4 is 46.3 Å². The average Bonchev–Trinajstić information content (AvgIpc) is 3.05. The van der Waals surface area contributed by atoms with Gasteiger partial charge in [-0.25, -0.2) is 0 Å². The maximum absolute atomic E-state index is 13.3. The molecule has 1 fully saturated rings. The summed E-state index contributed by atoms with van der Waals surface area (Å²) >= 11 is 12.2. The lowest BCUT2D eigenvalue weighted by atomic mass is 9.94. The first kappa shape index (κ1) is 22.9. The summed E-state index contributed by atoms with van der Waals surface area (Å²) in [5.74, 6) is -1.28. The number of carbonyl (C=O) groups is 2. The first-order chi connectivity index (χ1) is 15.7. The van der Waals surface area contributed by atoms with Crippen molar-refractivity contribution in [1.29, 1.82) is 0 Å². The van der Waals surface area contributed by atoms with E-state index in [9.17, 15) is 14.7 Å². The number of ether oxygens (including phenoxy) is 1. The van der Waals surface area contributed by atoms with Crippen LogP contribution in [-0.2, 0) is 9.59 Å². The topological polar surface area (TPSA) is 66.8 Å². The number of amides is 1. The van der Waals surface area contributed by atoms with Gasteiger partial charge in [0.15, 0.2) is 0 Å². The SMILES string of the molecule is COc1cccc(C2/C(=C(/O)c3ccc(Cl)c(Cl)c3)C(=O)C(=O)N2c2cc(C)cc(C)c2)c1. The molecule has 0 aliphatic carbocycles. The number of anilines is 1. The number of hydrogen-bond donors (Lipinski definition) is 1. The molecule has 0 spiro atoms. The Labute approximate surface area is 201 Å². The highest BCUT2D eigenvalue weighted by atomic mass is 35.5. The Kier molecular flexibility index (Phi) is 6.19. The van der Waals surface area contributed by atoms with Crippen molar-refractivity contribution in [3.8, 4) is 5.75 Å². The second-order valence-corrected chi connectivity index (χ2v) is 8.73. The van der Waals surface area contributed by atoms with Crippen LogP contribution in [0.25, 0.3) is 5.76 Å². The van der Waals surface area contributed by atoms with Crippen LogP contribution < -0.4 is 9.64 Å². The zero-order valence-electron chi connectivity index (χ0n) is 18.2. The normalized spacial score (nSPS) is 17.5. The van der Waals surface area contributed by atoms with E-state index in [1.165, 1.54) is 24.1 Å². The molecule has 1 heterocycles.